The summed E-state index contributed by atoms with van der Waals surface area (Å²) in [6.07, 6.45) is 1.62. The topological polar surface area (TPSA) is 49.8 Å². The van der Waals surface area contributed by atoms with Gasteiger partial charge in [0.1, 0.15) is 5.60 Å². The molecule has 1 fully saturated rings. The summed E-state index contributed by atoms with van der Waals surface area (Å²) in [5, 5.41) is 9.30. The molecule has 0 radical (unpaired) electrons. The van der Waals surface area contributed by atoms with Crippen LogP contribution in [0.3, 0.4) is 0 Å². The highest BCUT2D eigenvalue weighted by molar-refractivity contribution is 5.68. The molecule has 0 spiro atoms. The Kier molecular flexibility index (Phi) is 3.84. The normalized spacial score (nSPS) is 26.7. The number of amides is 1. The number of rotatable bonds is 1. The monoisotopic (exact) mass is 229 g/mol. The minimum atomic E-state index is -0.454. The average molecular weight is 229 g/mol. The van der Waals surface area contributed by atoms with E-state index in [1.54, 1.807) is 4.90 Å². The molecule has 1 rings (SSSR count). The summed E-state index contributed by atoms with van der Waals surface area (Å²) >= 11 is 0. The van der Waals surface area contributed by atoms with Crippen LogP contribution in [-0.2, 0) is 4.74 Å². The van der Waals surface area contributed by atoms with Crippen molar-refractivity contribution in [2.45, 2.75) is 46.1 Å². The summed E-state index contributed by atoms with van der Waals surface area (Å²) in [4.78, 5) is 13.5. The quantitative estimate of drug-likeness (QED) is 0.748. The fourth-order valence-electron chi connectivity index (χ4n) is 1.93. The van der Waals surface area contributed by atoms with E-state index in [-0.39, 0.29) is 18.1 Å². The van der Waals surface area contributed by atoms with E-state index in [0.717, 1.165) is 19.4 Å². The molecule has 1 N–H and O–H groups in total. The van der Waals surface area contributed by atoms with Gasteiger partial charge in [-0.1, -0.05) is 6.92 Å². The number of carbonyl (C=O) groups excluding carboxylic acids is 1. The second kappa shape index (κ2) is 4.62. The van der Waals surface area contributed by atoms with E-state index >= 15 is 0 Å². The number of piperidine rings is 1. The lowest BCUT2D eigenvalue weighted by molar-refractivity contribution is -0.00347. The number of hydrogen-bond acceptors (Lipinski definition) is 3. The van der Waals surface area contributed by atoms with Crippen LogP contribution in [0.2, 0.25) is 0 Å². The second-order valence-electron chi connectivity index (χ2n) is 5.97. The Labute approximate surface area is 97.6 Å². The molecule has 0 aromatic rings. The number of aliphatic hydroxyl groups excluding tert-OH is 1. The highest BCUT2D eigenvalue weighted by Crippen LogP contribution is 2.29. The standard InChI is InChI=1S/C12H23NO3/c1-11(2,3)16-10(15)13-7-5-6-12(4,8-13)9-14/h14H,5-9H2,1-4H3. The van der Waals surface area contributed by atoms with E-state index in [0.29, 0.717) is 6.54 Å². The highest BCUT2D eigenvalue weighted by atomic mass is 16.6. The van der Waals surface area contributed by atoms with Gasteiger partial charge in [0.25, 0.3) is 0 Å². The van der Waals surface area contributed by atoms with Crippen molar-refractivity contribution in [3.63, 3.8) is 0 Å². The van der Waals surface area contributed by atoms with Crippen LogP contribution >= 0.6 is 0 Å². The lowest BCUT2D eigenvalue weighted by atomic mass is 9.83. The molecule has 94 valence electrons. The van der Waals surface area contributed by atoms with Crippen LogP contribution in [0.15, 0.2) is 0 Å². The first-order chi connectivity index (χ1) is 7.26. The zero-order chi connectivity index (χ0) is 12.4. The minimum absolute atomic E-state index is 0.117. The first kappa shape index (κ1) is 13.3. The predicted molar refractivity (Wildman–Crippen MR) is 62.2 cm³/mol. The molecule has 4 nitrogen and oxygen atoms in total. The maximum Gasteiger partial charge on any atom is 0.410 e. The zero-order valence-corrected chi connectivity index (χ0v) is 10.7. The Balaban J connectivity index is 2.57. The maximum atomic E-state index is 11.8. The molecule has 16 heavy (non-hydrogen) atoms. The SMILES string of the molecule is CC1(CO)CCCN(C(=O)OC(C)(C)C)C1. The summed E-state index contributed by atoms with van der Waals surface area (Å²) in [5.74, 6) is 0. The summed E-state index contributed by atoms with van der Waals surface area (Å²) < 4.78 is 5.32. The molecule has 0 aromatic heterocycles. The van der Waals surface area contributed by atoms with Crippen LogP contribution in [0, 0.1) is 5.41 Å². The predicted octanol–water partition coefficient (Wildman–Crippen LogP) is 2.02. The van der Waals surface area contributed by atoms with Gasteiger partial charge in [0, 0.05) is 18.5 Å². The van der Waals surface area contributed by atoms with E-state index < -0.39 is 5.60 Å². The number of likely N-dealkylation sites (tertiary alicyclic amines) is 1. The number of nitrogens with zero attached hydrogens (tertiary/aromatic N) is 1. The number of carbonyl (C=O) groups is 1. The van der Waals surface area contributed by atoms with Crippen molar-refractivity contribution >= 4 is 6.09 Å². The molecule has 0 aromatic carbocycles. The van der Waals surface area contributed by atoms with Gasteiger partial charge in [-0.25, -0.2) is 4.79 Å². The van der Waals surface area contributed by atoms with Gasteiger partial charge >= 0.3 is 6.09 Å². The summed E-state index contributed by atoms with van der Waals surface area (Å²) in [6.45, 7) is 9.01. The van der Waals surface area contributed by atoms with Crippen LogP contribution in [0.5, 0.6) is 0 Å². The summed E-state index contributed by atoms with van der Waals surface area (Å²) in [7, 11) is 0. The fraction of sp³-hybridized carbons (Fsp3) is 0.917. The number of hydrogen-bond donors (Lipinski definition) is 1. The van der Waals surface area contributed by atoms with Crippen molar-refractivity contribution in [3.05, 3.63) is 0 Å². The molecule has 1 aliphatic heterocycles. The molecule has 1 atom stereocenters. The van der Waals surface area contributed by atoms with Crippen molar-refractivity contribution in [3.8, 4) is 0 Å². The number of ether oxygens (including phenoxy) is 1. The zero-order valence-electron chi connectivity index (χ0n) is 10.7. The van der Waals surface area contributed by atoms with Gasteiger partial charge in [-0.05, 0) is 33.6 Å². The van der Waals surface area contributed by atoms with E-state index in [1.807, 2.05) is 27.7 Å². The smallest absolute Gasteiger partial charge is 0.410 e. The molecule has 0 saturated carbocycles. The van der Waals surface area contributed by atoms with Crippen molar-refractivity contribution in [1.82, 2.24) is 4.90 Å². The van der Waals surface area contributed by atoms with E-state index in [9.17, 15) is 9.90 Å². The Morgan fingerprint density at radius 3 is 2.62 bits per heavy atom. The maximum absolute atomic E-state index is 11.8. The Hall–Kier alpha value is -0.770. The summed E-state index contributed by atoms with van der Waals surface area (Å²) in [5.41, 5.74) is -0.626. The van der Waals surface area contributed by atoms with Crippen molar-refractivity contribution in [1.29, 1.82) is 0 Å². The molecule has 0 aliphatic carbocycles. The Bertz CT molecular complexity index is 259. The van der Waals surface area contributed by atoms with Crippen LogP contribution in [0.25, 0.3) is 0 Å². The molecule has 1 amide bonds. The second-order valence-corrected chi connectivity index (χ2v) is 5.97. The largest absolute Gasteiger partial charge is 0.444 e. The van der Waals surface area contributed by atoms with Crippen LogP contribution in [0.1, 0.15) is 40.5 Å². The van der Waals surface area contributed by atoms with Crippen molar-refractivity contribution in [2.75, 3.05) is 19.7 Å². The molecular weight excluding hydrogens is 206 g/mol. The lowest BCUT2D eigenvalue weighted by Crippen LogP contribution is -2.48. The third-order valence-electron chi connectivity index (χ3n) is 2.81. The van der Waals surface area contributed by atoms with Crippen molar-refractivity contribution in [2.24, 2.45) is 5.41 Å². The van der Waals surface area contributed by atoms with E-state index in [2.05, 4.69) is 0 Å². The molecule has 1 unspecified atom stereocenters. The molecule has 4 heteroatoms. The third kappa shape index (κ3) is 3.67. The first-order valence-corrected chi connectivity index (χ1v) is 5.85. The van der Waals surface area contributed by atoms with Crippen molar-refractivity contribution < 1.29 is 14.6 Å². The molecule has 1 saturated heterocycles. The number of aliphatic hydroxyl groups is 1. The van der Waals surface area contributed by atoms with Crippen LogP contribution < -0.4 is 0 Å². The van der Waals surface area contributed by atoms with Gasteiger partial charge in [0.2, 0.25) is 0 Å². The van der Waals surface area contributed by atoms with E-state index in [1.165, 1.54) is 0 Å². The Morgan fingerprint density at radius 2 is 2.12 bits per heavy atom. The molecule has 1 heterocycles. The summed E-state index contributed by atoms with van der Waals surface area (Å²) in [6, 6.07) is 0. The Morgan fingerprint density at radius 1 is 1.50 bits per heavy atom. The molecular formula is C12H23NO3. The van der Waals surface area contributed by atoms with Crippen LogP contribution in [0.4, 0.5) is 4.79 Å². The van der Waals surface area contributed by atoms with Gasteiger partial charge in [0.15, 0.2) is 0 Å². The lowest BCUT2D eigenvalue weighted by Gasteiger charge is -2.39. The van der Waals surface area contributed by atoms with Gasteiger partial charge in [-0.3, -0.25) is 0 Å². The highest BCUT2D eigenvalue weighted by Gasteiger charge is 2.34. The third-order valence-corrected chi connectivity index (χ3v) is 2.81. The fourth-order valence-corrected chi connectivity index (χ4v) is 1.93. The molecule has 1 aliphatic rings. The average Bonchev–Trinajstić information content (AvgIpc) is 2.15. The van der Waals surface area contributed by atoms with Gasteiger partial charge in [-0.2, -0.15) is 0 Å². The molecule has 0 bridgehead atoms. The van der Waals surface area contributed by atoms with Gasteiger partial charge < -0.3 is 14.7 Å². The van der Waals surface area contributed by atoms with E-state index in [4.69, 9.17) is 4.74 Å². The van der Waals surface area contributed by atoms with Gasteiger partial charge in [0.05, 0.1) is 6.61 Å². The minimum Gasteiger partial charge on any atom is -0.444 e. The first-order valence-electron chi connectivity index (χ1n) is 5.85. The van der Waals surface area contributed by atoms with Gasteiger partial charge in [-0.15, -0.1) is 0 Å². The van der Waals surface area contributed by atoms with Crippen LogP contribution in [-0.4, -0.2) is 41.4 Å².